The van der Waals surface area contributed by atoms with Gasteiger partial charge in [-0.1, -0.05) is 0 Å². The molecule has 3 atom stereocenters. The van der Waals surface area contributed by atoms with Crippen molar-refractivity contribution in [1.82, 2.24) is 15.3 Å². The number of nitrogens with one attached hydrogen (secondary N) is 2. The van der Waals surface area contributed by atoms with E-state index in [9.17, 15) is 4.79 Å². The summed E-state index contributed by atoms with van der Waals surface area (Å²) in [6.45, 7) is 6.41. The van der Waals surface area contributed by atoms with Crippen LogP contribution in [-0.2, 0) is 9.47 Å². The molecule has 0 aromatic carbocycles. The van der Waals surface area contributed by atoms with E-state index in [0.717, 1.165) is 37.9 Å². The largest absolute Gasteiger partial charge is 0.444 e. The molecule has 7 nitrogen and oxygen atoms in total. The second kappa shape index (κ2) is 6.93. The first kappa shape index (κ1) is 17.0. The summed E-state index contributed by atoms with van der Waals surface area (Å²) >= 11 is 0. The molecule has 1 unspecified atom stereocenters. The summed E-state index contributed by atoms with van der Waals surface area (Å²) in [5, 5.41) is 6.27. The zero-order valence-corrected chi connectivity index (χ0v) is 14.5. The van der Waals surface area contributed by atoms with Crippen LogP contribution < -0.4 is 10.6 Å². The number of carbonyl (C=O) groups is 1. The minimum absolute atomic E-state index is 0.125. The second-order valence-corrected chi connectivity index (χ2v) is 7.49. The zero-order chi connectivity index (χ0) is 17.2. The number of rotatable bonds is 4. The summed E-state index contributed by atoms with van der Waals surface area (Å²) in [6, 6.07) is 0.385. The maximum atomic E-state index is 11.8. The first-order valence-electron chi connectivity index (χ1n) is 8.58. The van der Waals surface area contributed by atoms with Gasteiger partial charge in [0.05, 0.1) is 12.7 Å². The molecule has 7 heteroatoms. The van der Waals surface area contributed by atoms with Crippen LogP contribution in [0.5, 0.6) is 0 Å². The minimum Gasteiger partial charge on any atom is -0.444 e. The zero-order valence-electron chi connectivity index (χ0n) is 14.5. The first-order chi connectivity index (χ1) is 11.4. The lowest BCUT2D eigenvalue weighted by Gasteiger charge is -2.26. The molecule has 2 aliphatic rings. The van der Waals surface area contributed by atoms with Crippen LogP contribution in [-0.4, -0.2) is 40.4 Å². The van der Waals surface area contributed by atoms with Crippen LogP contribution in [0.25, 0.3) is 0 Å². The van der Waals surface area contributed by atoms with Gasteiger partial charge < -0.3 is 20.1 Å². The number of hydrogen-bond donors (Lipinski definition) is 2. The average molecular weight is 334 g/mol. The Morgan fingerprint density at radius 1 is 1.21 bits per heavy atom. The molecule has 2 heterocycles. The van der Waals surface area contributed by atoms with Gasteiger partial charge >= 0.3 is 6.09 Å². The highest BCUT2D eigenvalue weighted by molar-refractivity contribution is 5.68. The van der Waals surface area contributed by atoms with Gasteiger partial charge in [0, 0.05) is 36.5 Å². The summed E-state index contributed by atoms with van der Waals surface area (Å²) in [6.07, 6.45) is 7.23. The molecular weight excluding hydrogens is 308 g/mol. The molecule has 2 fully saturated rings. The van der Waals surface area contributed by atoms with Crippen LogP contribution in [0.1, 0.15) is 58.1 Å². The molecule has 3 rings (SSSR count). The number of carbonyl (C=O) groups excluding carboxylic acids is 1. The van der Waals surface area contributed by atoms with E-state index in [1.165, 1.54) is 0 Å². The maximum Gasteiger partial charge on any atom is 0.407 e. The predicted octanol–water partition coefficient (Wildman–Crippen LogP) is 2.80. The SMILES string of the molecule is CC(C)(C)OC(=O)N[C@H]1CC[C@H](Nc2ncc(C3CCO3)cn2)C1. The molecule has 1 aromatic heterocycles. The van der Waals surface area contributed by atoms with Gasteiger partial charge in [-0.2, -0.15) is 0 Å². The van der Waals surface area contributed by atoms with Gasteiger partial charge in [-0.05, 0) is 40.0 Å². The van der Waals surface area contributed by atoms with Crippen LogP contribution in [0.2, 0.25) is 0 Å². The molecule has 2 N–H and O–H groups in total. The molecule has 1 aliphatic heterocycles. The lowest BCUT2D eigenvalue weighted by Crippen LogP contribution is -2.38. The highest BCUT2D eigenvalue weighted by Gasteiger charge is 2.28. The Bertz CT molecular complexity index is 566. The molecule has 1 aromatic rings. The Balaban J connectivity index is 1.45. The summed E-state index contributed by atoms with van der Waals surface area (Å²) in [7, 11) is 0. The molecule has 0 radical (unpaired) electrons. The molecule has 1 saturated heterocycles. The first-order valence-corrected chi connectivity index (χ1v) is 8.58. The van der Waals surface area contributed by atoms with Crippen molar-refractivity contribution in [2.75, 3.05) is 11.9 Å². The van der Waals surface area contributed by atoms with Gasteiger partial charge in [-0.25, -0.2) is 14.8 Å². The predicted molar refractivity (Wildman–Crippen MR) is 89.8 cm³/mol. The van der Waals surface area contributed by atoms with Gasteiger partial charge in [0.25, 0.3) is 0 Å². The molecule has 24 heavy (non-hydrogen) atoms. The normalized spacial score (nSPS) is 26.5. The van der Waals surface area contributed by atoms with Crippen molar-refractivity contribution >= 4 is 12.0 Å². The van der Waals surface area contributed by atoms with E-state index in [1.54, 1.807) is 0 Å². The minimum atomic E-state index is -0.472. The van der Waals surface area contributed by atoms with Crippen LogP contribution in [0, 0.1) is 0 Å². The molecule has 1 amide bonds. The van der Waals surface area contributed by atoms with Gasteiger partial charge in [-0.15, -0.1) is 0 Å². The summed E-state index contributed by atoms with van der Waals surface area (Å²) in [4.78, 5) is 20.6. The van der Waals surface area contributed by atoms with Crippen molar-refractivity contribution in [3.63, 3.8) is 0 Å². The Morgan fingerprint density at radius 3 is 2.46 bits per heavy atom. The van der Waals surface area contributed by atoms with Crippen molar-refractivity contribution in [2.24, 2.45) is 0 Å². The summed E-state index contributed by atoms with van der Waals surface area (Å²) in [5.74, 6) is 0.626. The van der Waals surface area contributed by atoms with E-state index in [2.05, 4.69) is 20.6 Å². The summed E-state index contributed by atoms with van der Waals surface area (Å²) in [5.41, 5.74) is 0.558. The van der Waals surface area contributed by atoms with E-state index in [4.69, 9.17) is 9.47 Å². The van der Waals surface area contributed by atoms with Gasteiger partial charge in [-0.3, -0.25) is 0 Å². The highest BCUT2D eigenvalue weighted by Crippen LogP contribution is 2.28. The third-order valence-corrected chi connectivity index (χ3v) is 4.23. The fourth-order valence-corrected chi connectivity index (χ4v) is 2.98. The van der Waals surface area contributed by atoms with Crippen molar-refractivity contribution in [3.05, 3.63) is 18.0 Å². The van der Waals surface area contributed by atoms with Gasteiger partial charge in [0.1, 0.15) is 5.60 Å². The number of ether oxygens (including phenoxy) is 2. The van der Waals surface area contributed by atoms with Crippen LogP contribution in [0.3, 0.4) is 0 Å². The van der Waals surface area contributed by atoms with Gasteiger partial charge in [0.2, 0.25) is 5.95 Å². The fraction of sp³-hybridized carbons (Fsp3) is 0.706. The number of aromatic nitrogens is 2. The highest BCUT2D eigenvalue weighted by atomic mass is 16.6. The molecule has 0 bridgehead atoms. The topological polar surface area (TPSA) is 85.4 Å². The Kier molecular flexibility index (Phi) is 4.89. The monoisotopic (exact) mass is 334 g/mol. The Morgan fingerprint density at radius 2 is 1.88 bits per heavy atom. The molecule has 1 saturated carbocycles. The third-order valence-electron chi connectivity index (χ3n) is 4.23. The van der Waals surface area contributed by atoms with E-state index < -0.39 is 5.60 Å². The lowest BCUT2D eigenvalue weighted by atomic mass is 10.1. The fourth-order valence-electron chi connectivity index (χ4n) is 2.98. The Labute approximate surface area is 142 Å². The van der Waals surface area contributed by atoms with Gasteiger partial charge in [0.15, 0.2) is 0 Å². The quantitative estimate of drug-likeness (QED) is 0.881. The van der Waals surface area contributed by atoms with Crippen LogP contribution in [0.15, 0.2) is 12.4 Å². The number of anilines is 1. The van der Waals surface area contributed by atoms with Crippen molar-refractivity contribution in [1.29, 1.82) is 0 Å². The van der Waals surface area contributed by atoms with E-state index in [-0.39, 0.29) is 24.3 Å². The number of amides is 1. The second-order valence-electron chi connectivity index (χ2n) is 7.49. The van der Waals surface area contributed by atoms with Crippen molar-refractivity contribution in [3.8, 4) is 0 Å². The lowest BCUT2D eigenvalue weighted by molar-refractivity contribution is -0.0530. The maximum absolute atomic E-state index is 11.8. The molecule has 1 aliphatic carbocycles. The van der Waals surface area contributed by atoms with Crippen LogP contribution >= 0.6 is 0 Å². The Hall–Kier alpha value is -1.89. The van der Waals surface area contributed by atoms with Crippen molar-refractivity contribution in [2.45, 2.75) is 70.2 Å². The average Bonchev–Trinajstić information content (AvgIpc) is 2.84. The van der Waals surface area contributed by atoms with E-state index in [0.29, 0.717) is 5.95 Å². The van der Waals surface area contributed by atoms with E-state index in [1.807, 2.05) is 33.2 Å². The molecular formula is C17H26N4O3. The molecule has 132 valence electrons. The number of nitrogens with zero attached hydrogens (tertiary/aromatic N) is 2. The van der Waals surface area contributed by atoms with Crippen molar-refractivity contribution < 1.29 is 14.3 Å². The van der Waals surface area contributed by atoms with E-state index >= 15 is 0 Å². The molecule has 0 spiro atoms. The van der Waals surface area contributed by atoms with Crippen LogP contribution in [0.4, 0.5) is 10.7 Å². The summed E-state index contributed by atoms with van der Waals surface area (Å²) < 4.78 is 10.7. The third kappa shape index (κ3) is 4.56. The number of hydrogen-bond acceptors (Lipinski definition) is 6. The number of alkyl carbamates (subject to hydrolysis) is 1. The standard InChI is InChI=1S/C17H26N4O3/c1-17(2,3)24-16(22)21-13-5-4-12(8-13)20-15-18-9-11(10-19-15)14-6-7-23-14/h9-10,12-14H,4-8H2,1-3H3,(H,21,22)(H,18,19,20)/t12-,13-,14?/m0/s1. The smallest absolute Gasteiger partial charge is 0.407 e.